The number of hydrogen-bond acceptors (Lipinski definition) is 7. The molecule has 2 aromatic carbocycles. The van der Waals surface area contributed by atoms with E-state index in [9.17, 15) is 10.1 Å². The number of rotatable bonds is 7. The summed E-state index contributed by atoms with van der Waals surface area (Å²) in [5.41, 5.74) is 3.29. The number of esters is 1. The van der Waals surface area contributed by atoms with Gasteiger partial charge in [-0.15, -0.1) is 0 Å². The molecule has 4 rings (SSSR count). The Bertz CT molecular complexity index is 1400. The van der Waals surface area contributed by atoms with E-state index in [2.05, 4.69) is 21.2 Å². The molecule has 0 saturated heterocycles. The van der Waals surface area contributed by atoms with E-state index in [0.29, 0.717) is 41.4 Å². The molecular formula is C27H28N4O4. The van der Waals surface area contributed by atoms with Gasteiger partial charge in [0.1, 0.15) is 17.4 Å². The third-order valence-electron chi connectivity index (χ3n) is 5.18. The second-order valence-electron chi connectivity index (χ2n) is 9.57. The Kier molecular flexibility index (Phi) is 6.61. The fourth-order valence-corrected chi connectivity index (χ4v) is 3.73. The molecule has 0 aliphatic carbocycles. The molecule has 2 aromatic heterocycles. The van der Waals surface area contributed by atoms with Crippen molar-refractivity contribution >= 4 is 16.9 Å². The second-order valence-corrected chi connectivity index (χ2v) is 9.57. The average Bonchev–Trinajstić information content (AvgIpc) is 3.43. The first kappa shape index (κ1) is 24.0. The van der Waals surface area contributed by atoms with Gasteiger partial charge in [-0.3, -0.25) is 4.79 Å². The number of H-pyrrole nitrogens is 1. The molecule has 1 N–H and O–H groups in total. The van der Waals surface area contributed by atoms with E-state index in [1.54, 1.807) is 18.2 Å². The van der Waals surface area contributed by atoms with Crippen molar-refractivity contribution in [3.8, 4) is 34.7 Å². The van der Waals surface area contributed by atoms with E-state index in [4.69, 9.17) is 14.0 Å². The maximum absolute atomic E-state index is 12.1. The third-order valence-corrected chi connectivity index (χ3v) is 5.18. The van der Waals surface area contributed by atoms with Crippen molar-refractivity contribution in [1.82, 2.24) is 15.1 Å². The molecular weight excluding hydrogens is 444 g/mol. The number of fused-ring (bicyclic) bond motifs is 1. The lowest BCUT2D eigenvalue weighted by Gasteiger charge is -2.19. The SMILES string of the molecule is CC(C)Oc1ccc(-c2nc(-c3ccc4c(CCC(=O)OC(C)(C)C)c[nH]c4c3)no2)cc1C#N. The van der Waals surface area contributed by atoms with Gasteiger partial charge in [0.15, 0.2) is 0 Å². The topological polar surface area (TPSA) is 114 Å². The van der Waals surface area contributed by atoms with E-state index in [0.717, 1.165) is 22.0 Å². The number of aromatic amines is 1. The summed E-state index contributed by atoms with van der Waals surface area (Å²) < 4.78 is 16.6. The molecule has 180 valence electrons. The summed E-state index contributed by atoms with van der Waals surface area (Å²) in [7, 11) is 0. The summed E-state index contributed by atoms with van der Waals surface area (Å²) in [6.07, 6.45) is 2.76. The van der Waals surface area contributed by atoms with Gasteiger partial charge >= 0.3 is 5.97 Å². The van der Waals surface area contributed by atoms with Crippen molar-refractivity contribution in [1.29, 1.82) is 5.26 Å². The van der Waals surface area contributed by atoms with Gasteiger partial charge in [-0.25, -0.2) is 0 Å². The Morgan fingerprint density at radius 1 is 1.17 bits per heavy atom. The number of aryl methyl sites for hydroxylation is 1. The Morgan fingerprint density at radius 2 is 1.94 bits per heavy atom. The Labute approximate surface area is 203 Å². The van der Waals surface area contributed by atoms with Crippen LogP contribution in [-0.2, 0) is 16.0 Å². The predicted molar refractivity (Wildman–Crippen MR) is 132 cm³/mol. The quantitative estimate of drug-likeness (QED) is 0.337. The van der Waals surface area contributed by atoms with Crippen molar-refractivity contribution in [3.63, 3.8) is 0 Å². The highest BCUT2D eigenvalue weighted by molar-refractivity contribution is 5.87. The van der Waals surface area contributed by atoms with Crippen molar-refractivity contribution in [3.05, 3.63) is 53.7 Å². The number of ether oxygens (including phenoxy) is 2. The van der Waals surface area contributed by atoms with Crippen LogP contribution in [0.25, 0.3) is 33.7 Å². The van der Waals surface area contributed by atoms with E-state index >= 15 is 0 Å². The maximum Gasteiger partial charge on any atom is 0.306 e. The van der Waals surface area contributed by atoms with Crippen LogP contribution in [0.1, 0.15) is 52.2 Å². The minimum absolute atomic E-state index is 0.0382. The molecule has 35 heavy (non-hydrogen) atoms. The minimum atomic E-state index is -0.490. The van der Waals surface area contributed by atoms with Crippen molar-refractivity contribution < 1.29 is 18.8 Å². The molecule has 2 heterocycles. The Balaban J connectivity index is 1.52. The van der Waals surface area contributed by atoms with Crippen LogP contribution in [-0.4, -0.2) is 32.8 Å². The van der Waals surface area contributed by atoms with Gasteiger partial charge in [0.05, 0.1) is 11.7 Å². The molecule has 0 amide bonds. The monoisotopic (exact) mass is 472 g/mol. The number of nitrogens with one attached hydrogen (secondary N) is 1. The predicted octanol–water partition coefficient (Wildman–Crippen LogP) is 5.82. The van der Waals surface area contributed by atoms with Gasteiger partial charge in [0, 0.05) is 34.6 Å². The maximum atomic E-state index is 12.1. The molecule has 8 heteroatoms. The molecule has 0 unspecified atom stereocenters. The van der Waals surface area contributed by atoms with Gasteiger partial charge in [-0.2, -0.15) is 10.2 Å². The van der Waals surface area contributed by atoms with Crippen LogP contribution in [0.3, 0.4) is 0 Å². The van der Waals surface area contributed by atoms with E-state index in [-0.39, 0.29) is 12.1 Å². The molecule has 8 nitrogen and oxygen atoms in total. The highest BCUT2D eigenvalue weighted by Gasteiger charge is 2.18. The number of hydrogen-bond donors (Lipinski definition) is 1. The molecule has 0 aliphatic heterocycles. The number of benzene rings is 2. The summed E-state index contributed by atoms with van der Waals surface area (Å²) in [5.74, 6) is 1.06. The number of nitrogens with zero attached hydrogens (tertiary/aromatic N) is 3. The standard InChI is InChI=1S/C27H28N4O4/c1-16(2)33-23-10-7-18(12-20(23)14-28)26-30-25(31-35-26)17-6-9-21-19(15-29-22(21)13-17)8-11-24(32)34-27(3,4)5/h6-7,9-10,12-13,15-16,29H,8,11H2,1-5H3. The van der Waals surface area contributed by atoms with Gasteiger partial charge in [0.25, 0.3) is 5.89 Å². The number of nitriles is 1. The molecule has 0 spiro atoms. The summed E-state index contributed by atoms with van der Waals surface area (Å²) in [6, 6.07) is 13.2. The molecule has 0 saturated carbocycles. The van der Waals surface area contributed by atoms with Gasteiger partial charge in [-0.05, 0) is 70.9 Å². The first-order chi connectivity index (χ1) is 16.6. The summed E-state index contributed by atoms with van der Waals surface area (Å²) in [5, 5.41) is 14.6. The molecule has 0 bridgehead atoms. The lowest BCUT2D eigenvalue weighted by Crippen LogP contribution is -2.23. The second kappa shape index (κ2) is 9.63. The summed E-state index contributed by atoms with van der Waals surface area (Å²) >= 11 is 0. The molecule has 0 fully saturated rings. The number of carbonyl (C=O) groups excluding carboxylic acids is 1. The molecule has 0 radical (unpaired) electrons. The smallest absolute Gasteiger partial charge is 0.306 e. The van der Waals surface area contributed by atoms with Crippen LogP contribution >= 0.6 is 0 Å². The fourth-order valence-electron chi connectivity index (χ4n) is 3.73. The fraction of sp³-hybridized carbons (Fsp3) is 0.333. The largest absolute Gasteiger partial charge is 0.490 e. The highest BCUT2D eigenvalue weighted by Crippen LogP contribution is 2.29. The highest BCUT2D eigenvalue weighted by atomic mass is 16.6. The molecule has 4 aromatic rings. The van der Waals surface area contributed by atoms with E-state index in [1.165, 1.54) is 0 Å². The van der Waals surface area contributed by atoms with Gasteiger partial charge < -0.3 is 19.0 Å². The van der Waals surface area contributed by atoms with Crippen LogP contribution in [0.5, 0.6) is 5.75 Å². The first-order valence-electron chi connectivity index (χ1n) is 11.5. The van der Waals surface area contributed by atoms with Gasteiger partial charge in [0.2, 0.25) is 5.82 Å². The van der Waals surface area contributed by atoms with E-state index < -0.39 is 5.60 Å². The Morgan fingerprint density at radius 3 is 2.66 bits per heavy atom. The zero-order valence-corrected chi connectivity index (χ0v) is 20.5. The van der Waals surface area contributed by atoms with Crippen LogP contribution in [0.4, 0.5) is 0 Å². The molecule has 0 atom stereocenters. The number of carbonyl (C=O) groups is 1. The first-order valence-corrected chi connectivity index (χ1v) is 11.5. The zero-order chi connectivity index (χ0) is 25.2. The zero-order valence-electron chi connectivity index (χ0n) is 20.5. The van der Waals surface area contributed by atoms with Crippen LogP contribution in [0.15, 0.2) is 47.1 Å². The van der Waals surface area contributed by atoms with Crippen molar-refractivity contribution in [2.24, 2.45) is 0 Å². The number of aromatic nitrogens is 3. The van der Waals surface area contributed by atoms with Crippen molar-refractivity contribution in [2.45, 2.75) is 59.2 Å². The van der Waals surface area contributed by atoms with Crippen LogP contribution in [0.2, 0.25) is 0 Å². The summed E-state index contributed by atoms with van der Waals surface area (Å²) in [6.45, 7) is 9.40. The normalized spacial score (nSPS) is 11.6. The lowest BCUT2D eigenvalue weighted by molar-refractivity contribution is -0.154. The minimum Gasteiger partial charge on any atom is -0.490 e. The lowest BCUT2D eigenvalue weighted by atomic mass is 10.1. The van der Waals surface area contributed by atoms with E-state index in [1.807, 2.05) is 59.0 Å². The third kappa shape index (κ3) is 5.69. The van der Waals surface area contributed by atoms with Crippen molar-refractivity contribution in [2.75, 3.05) is 0 Å². The van der Waals surface area contributed by atoms with Crippen LogP contribution < -0.4 is 4.74 Å². The average molecular weight is 473 g/mol. The summed E-state index contributed by atoms with van der Waals surface area (Å²) in [4.78, 5) is 19.8. The van der Waals surface area contributed by atoms with Crippen LogP contribution in [0, 0.1) is 11.3 Å². The Hall–Kier alpha value is -4.12. The molecule has 0 aliphatic rings. The van der Waals surface area contributed by atoms with Gasteiger partial charge in [-0.1, -0.05) is 17.3 Å².